The molecule has 0 radical (unpaired) electrons. The molecule has 0 aromatic carbocycles. The lowest BCUT2D eigenvalue weighted by atomic mass is 10.4. The molecule has 14 heavy (non-hydrogen) atoms. The maximum atomic E-state index is 13.4. The Hall–Kier alpha value is -0.360. The van der Waals surface area contributed by atoms with E-state index in [-0.39, 0.29) is 9.92 Å². The maximum absolute atomic E-state index is 13.4. The second kappa shape index (κ2) is 4.93. The Bertz CT molecular complexity index is 344. The van der Waals surface area contributed by atoms with E-state index in [9.17, 15) is 13.2 Å². The Morgan fingerprint density at radius 1 is 1.21 bits per heavy atom. The SMILES string of the molecule is CCSc1c(F)c(F)nc(SC)c1F. The summed E-state index contributed by atoms with van der Waals surface area (Å²) in [5, 5.41) is -0.111. The summed E-state index contributed by atoms with van der Waals surface area (Å²) >= 11 is 1.88. The number of nitrogens with zero attached hydrogens (tertiary/aromatic N) is 1. The number of rotatable bonds is 3. The van der Waals surface area contributed by atoms with Crippen LogP contribution in [0, 0.1) is 17.6 Å². The predicted molar refractivity (Wildman–Crippen MR) is 52.3 cm³/mol. The van der Waals surface area contributed by atoms with Crippen molar-refractivity contribution in [3.63, 3.8) is 0 Å². The third kappa shape index (κ3) is 2.17. The van der Waals surface area contributed by atoms with E-state index < -0.39 is 17.6 Å². The van der Waals surface area contributed by atoms with Crippen LogP contribution in [0.2, 0.25) is 0 Å². The summed E-state index contributed by atoms with van der Waals surface area (Å²) in [7, 11) is 0. The number of aromatic nitrogens is 1. The molecule has 6 heteroatoms. The van der Waals surface area contributed by atoms with Crippen LogP contribution in [-0.4, -0.2) is 17.0 Å². The molecule has 0 saturated heterocycles. The monoisotopic (exact) mass is 239 g/mol. The second-order valence-corrected chi connectivity index (χ2v) is 4.37. The largest absolute Gasteiger partial charge is 0.251 e. The van der Waals surface area contributed by atoms with Gasteiger partial charge >= 0.3 is 0 Å². The summed E-state index contributed by atoms with van der Waals surface area (Å²) in [6, 6.07) is 0. The molecule has 1 heterocycles. The molecule has 0 bridgehead atoms. The number of hydrogen-bond donors (Lipinski definition) is 0. The van der Waals surface area contributed by atoms with Crippen LogP contribution in [0.4, 0.5) is 13.2 Å². The average Bonchev–Trinajstić information content (AvgIpc) is 2.18. The first kappa shape index (κ1) is 11.7. The van der Waals surface area contributed by atoms with Gasteiger partial charge < -0.3 is 0 Å². The molecule has 0 amide bonds. The van der Waals surface area contributed by atoms with E-state index in [4.69, 9.17) is 0 Å². The Balaban J connectivity index is 3.29. The van der Waals surface area contributed by atoms with Crippen molar-refractivity contribution in [2.75, 3.05) is 12.0 Å². The molecule has 1 rings (SSSR count). The zero-order valence-corrected chi connectivity index (χ0v) is 9.24. The van der Waals surface area contributed by atoms with Crippen molar-refractivity contribution in [1.29, 1.82) is 0 Å². The Morgan fingerprint density at radius 3 is 2.36 bits per heavy atom. The molecular formula is C8H8F3NS2. The van der Waals surface area contributed by atoms with E-state index in [1.807, 2.05) is 0 Å². The quantitative estimate of drug-likeness (QED) is 0.593. The normalized spacial score (nSPS) is 10.6. The molecule has 0 spiro atoms. The van der Waals surface area contributed by atoms with Crippen molar-refractivity contribution >= 4 is 23.5 Å². The van der Waals surface area contributed by atoms with Crippen molar-refractivity contribution in [1.82, 2.24) is 4.98 Å². The van der Waals surface area contributed by atoms with Crippen LogP contribution in [0.15, 0.2) is 9.92 Å². The summed E-state index contributed by atoms with van der Waals surface area (Å²) in [6.07, 6.45) is 1.56. The lowest BCUT2D eigenvalue weighted by molar-refractivity contribution is 0.421. The number of halogens is 3. The minimum atomic E-state index is -1.24. The number of thioether (sulfide) groups is 2. The van der Waals surface area contributed by atoms with Crippen LogP contribution in [0.25, 0.3) is 0 Å². The van der Waals surface area contributed by atoms with Crippen molar-refractivity contribution < 1.29 is 13.2 Å². The van der Waals surface area contributed by atoms with E-state index in [1.165, 1.54) is 0 Å². The van der Waals surface area contributed by atoms with E-state index in [2.05, 4.69) is 4.98 Å². The van der Waals surface area contributed by atoms with Crippen LogP contribution in [0.3, 0.4) is 0 Å². The topological polar surface area (TPSA) is 12.9 Å². The van der Waals surface area contributed by atoms with E-state index in [1.54, 1.807) is 13.2 Å². The Morgan fingerprint density at radius 2 is 1.86 bits per heavy atom. The van der Waals surface area contributed by atoms with Gasteiger partial charge in [-0.15, -0.1) is 23.5 Å². The van der Waals surface area contributed by atoms with Gasteiger partial charge in [-0.25, -0.2) is 13.8 Å². The van der Waals surface area contributed by atoms with E-state index in [0.29, 0.717) is 5.75 Å². The number of hydrogen-bond acceptors (Lipinski definition) is 3. The van der Waals surface area contributed by atoms with Crippen molar-refractivity contribution in [2.24, 2.45) is 0 Å². The summed E-state index contributed by atoms with van der Waals surface area (Å²) in [6.45, 7) is 1.74. The smallest absolute Gasteiger partial charge is 0.207 e. The molecule has 0 atom stereocenters. The summed E-state index contributed by atoms with van der Waals surface area (Å²) < 4.78 is 39.3. The lowest BCUT2D eigenvalue weighted by Crippen LogP contribution is -2.00. The first-order chi connectivity index (χ1) is 6.61. The second-order valence-electron chi connectivity index (χ2n) is 2.30. The van der Waals surface area contributed by atoms with Crippen molar-refractivity contribution in [3.8, 4) is 0 Å². The molecule has 1 aromatic heterocycles. The van der Waals surface area contributed by atoms with Crippen molar-refractivity contribution in [2.45, 2.75) is 16.8 Å². The molecule has 1 aromatic rings. The van der Waals surface area contributed by atoms with Gasteiger partial charge in [-0.05, 0) is 12.0 Å². The molecule has 78 valence electrons. The minimum absolute atomic E-state index is 0.111. The summed E-state index contributed by atoms with van der Waals surface area (Å²) in [5.41, 5.74) is 0. The molecule has 0 aliphatic heterocycles. The van der Waals surface area contributed by atoms with Gasteiger partial charge in [0.1, 0.15) is 5.03 Å². The predicted octanol–water partition coefficient (Wildman–Crippen LogP) is 3.33. The minimum Gasteiger partial charge on any atom is -0.207 e. The molecule has 0 fully saturated rings. The zero-order chi connectivity index (χ0) is 10.7. The van der Waals surface area contributed by atoms with Crippen molar-refractivity contribution in [3.05, 3.63) is 17.6 Å². The maximum Gasteiger partial charge on any atom is 0.251 e. The molecule has 0 saturated carbocycles. The van der Waals surface area contributed by atoms with E-state index >= 15 is 0 Å². The summed E-state index contributed by atoms with van der Waals surface area (Å²) in [4.78, 5) is 2.88. The number of pyridine rings is 1. The molecule has 0 unspecified atom stereocenters. The van der Waals surface area contributed by atoms with Crippen LogP contribution in [0.1, 0.15) is 6.92 Å². The van der Waals surface area contributed by atoms with Crippen LogP contribution in [-0.2, 0) is 0 Å². The third-order valence-corrected chi connectivity index (χ3v) is 3.04. The Kier molecular flexibility index (Phi) is 4.12. The van der Waals surface area contributed by atoms with Gasteiger partial charge in [0.15, 0.2) is 11.6 Å². The highest BCUT2D eigenvalue weighted by Gasteiger charge is 2.19. The molecular weight excluding hydrogens is 231 g/mol. The third-order valence-electron chi connectivity index (χ3n) is 1.45. The van der Waals surface area contributed by atoms with Gasteiger partial charge in [-0.1, -0.05) is 6.92 Å². The standard InChI is InChI=1S/C8H8F3NS2/c1-3-14-6-4(9)7(11)12-8(13-2)5(6)10/h3H2,1-2H3. The van der Waals surface area contributed by atoms with Crippen LogP contribution >= 0.6 is 23.5 Å². The van der Waals surface area contributed by atoms with Gasteiger partial charge in [0.05, 0.1) is 4.90 Å². The first-order valence-electron chi connectivity index (χ1n) is 3.83. The van der Waals surface area contributed by atoms with Crippen LogP contribution in [0.5, 0.6) is 0 Å². The molecule has 1 nitrogen and oxygen atoms in total. The molecule has 0 aliphatic carbocycles. The van der Waals surface area contributed by atoms with Gasteiger partial charge in [0.2, 0.25) is 0 Å². The Labute approximate surface area is 88.5 Å². The fourth-order valence-corrected chi connectivity index (χ4v) is 2.12. The van der Waals surface area contributed by atoms with E-state index in [0.717, 1.165) is 23.5 Å². The highest BCUT2D eigenvalue weighted by Crippen LogP contribution is 2.30. The summed E-state index contributed by atoms with van der Waals surface area (Å²) in [5.74, 6) is -2.74. The van der Waals surface area contributed by atoms with Gasteiger partial charge in [0.25, 0.3) is 5.95 Å². The van der Waals surface area contributed by atoms with Gasteiger partial charge in [-0.2, -0.15) is 4.39 Å². The van der Waals surface area contributed by atoms with Gasteiger partial charge in [-0.3, -0.25) is 0 Å². The molecule has 0 aliphatic rings. The fourth-order valence-electron chi connectivity index (χ4n) is 0.881. The van der Waals surface area contributed by atoms with Gasteiger partial charge in [0, 0.05) is 0 Å². The fraction of sp³-hybridized carbons (Fsp3) is 0.375. The zero-order valence-electron chi connectivity index (χ0n) is 7.60. The highest BCUT2D eigenvalue weighted by atomic mass is 32.2. The first-order valence-corrected chi connectivity index (χ1v) is 6.04. The average molecular weight is 239 g/mol. The van der Waals surface area contributed by atoms with Crippen LogP contribution < -0.4 is 0 Å². The molecule has 0 N–H and O–H groups in total. The highest BCUT2D eigenvalue weighted by molar-refractivity contribution is 7.99. The lowest BCUT2D eigenvalue weighted by Gasteiger charge is -2.06.